The van der Waals surface area contributed by atoms with Crippen LogP contribution in [-0.4, -0.2) is 50.2 Å². The lowest BCUT2D eigenvalue weighted by molar-refractivity contribution is 0.196. The molecule has 19 heavy (non-hydrogen) atoms. The molecule has 104 valence electrons. The number of aryl methyl sites for hydroxylation is 1. The van der Waals surface area contributed by atoms with Crippen molar-refractivity contribution >= 4 is 21.6 Å². The number of rotatable bonds is 2. The standard InChI is InChI=1S/C15H22BrN3/c1-12-10-13(16)2-3-15(12)19-8-6-18(7-9-19)14-4-5-17-11-14/h2-3,10,14,17H,4-9,11H2,1H3. The third-order valence-electron chi connectivity index (χ3n) is 4.36. The fourth-order valence-electron chi connectivity index (χ4n) is 3.25. The molecule has 0 saturated carbocycles. The van der Waals surface area contributed by atoms with E-state index in [1.54, 1.807) is 0 Å². The van der Waals surface area contributed by atoms with Crippen LogP contribution in [0.15, 0.2) is 22.7 Å². The largest absolute Gasteiger partial charge is 0.369 e. The second-order valence-electron chi connectivity index (χ2n) is 5.60. The summed E-state index contributed by atoms with van der Waals surface area (Å²) in [7, 11) is 0. The van der Waals surface area contributed by atoms with Gasteiger partial charge >= 0.3 is 0 Å². The molecule has 0 bridgehead atoms. The third kappa shape index (κ3) is 2.96. The molecule has 2 saturated heterocycles. The molecule has 0 spiro atoms. The van der Waals surface area contributed by atoms with Crippen LogP contribution < -0.4 is 10.2 Å². The van der Waals surface area contributed by atoms with Crippen molar-refractivity contribution in [1.29, 1.82) is 0 Å². The van der Waals surface area contributed by atoms with Crippen LogP contribution in [0.1, 0.15) is 12.0 Å². The van der Waals surface area contributed by atoms with Crippen molar-refractivity contribution in [1.82, 2.24) is 10.2 Å². The number of piperazine rings is 1. The number of nitrogens with one attached hydrogen (secondary N) is 1. The maximum absolute atomic E-state index is 3.54. The van der Waals surface area contributed by atoms with E-state index in [-0.39, 0.29) is 0 Å². The molecule has 0 amide bonds. The third-order valence-corrected chi connectivity index (χ3v) is 4.86. The molecule has 2 heterocycles. The van der Waals surface area contributed by atoms with Crippen LogP contribution in [0, 0.1) is 6.92 Å². The van der Waals surface area contributed by atoms with Gasteiger partial charge in [0, 0.05) is 48.9 Å². The van der Waals surface area contributed by atoms with E-state index in [1.165, 1.54) is 48.3 Å². The minimum absolute atomic E-state index is 0.771. The van der Waals surface area contributed by atoms with Crippen LogP contribution in [-0.2, 0) is 0 Å². The van der Waals surface area contributed by atoms with Crippen molar-refractivity contribution in [3.8, 4) is 0 Å². The van der Waals surface area contributed by atoms with Gasteiger partial charge in [0.1, 0.15) is 0 Å². The van der Waals surface area contributed by atoms with E-state index in [0.29, 0.717) is 0 Å². The first kappa shape index (κ1) is 13.4. The van der Waals surface area contributed by atoms with E-state index in [2.05, 4.69) is 56.2 Å². The first-order valence-corrected chi connectivity index (χ1v) is 7.99. The molecule has 1 unspecified atom stereocenters. The smallest absolute Gasteiger partial charge is 0.0397 e. The first-order valence-electron chi connectivity index (χ1n) is 7.20. The van der Waals surface area contributed by atoms with Gasteiger partial charge in [-0.25, -0.2) is 0 Å². The van der Waals surface area contributed by atoms with Gasteiger partial charge < -0.3 is 10.2 Å². The Hall–Kier alpha value is -0.580. The summed E-state index contributed by atoms with van der Waals surface area (Å²) in [6.07, 6.45) is 1.32. The number of anilines is 1. The number of hydrogen-bond donors (Lipinski definition) is 1. The highest BCUT2D eigenvalue weighted by atomic mass is 79.9. The Bertz CT molecular complexity index is 435. The van der Waals surface area contributed by atoms with E-state index in [0.717, 1.165) is 19.1 Å². The van der Waals surface area contributed by atoms with Crippen LogP contribution in [0.5, 0.6) is 0 Å². The molecule has 3 rings (SSSR count). The Kier molecular flexibility index (Phi) is 4.10. The van der Waals surface area contributed by atoms with Crippen LogP contribution in [0.4, 0.5) is 5.69 Å². The molecule has 1 aromatic carbocycles. The van der Waals surface area contributed by atoms with Gasteiger partial charge in [0.25, 0.3) is 0 Å². The molecule has 4 heteroatoms. The van der Waals surface area contributed by atoms with Gasteiger partial charge in [0.05, 0.1) is 0 Å². The highest BCUT2D eigenvalue weighted by Gasteiger charge is 2.26. The minimum atomic E-state index is 0.771. The lowest BCUT2D eigenvalue weighted by atomic mass is 10.1. The molecule has 2 aliphatic rings. The summed E-state index contributed by atoms with van der Waals surface area (Å²) in [4.78, 5) is 5.19. The van der Waals surface area contributed by atoms with Gasteiger partial charge in [-0.05, 0) is 43.7 Å². The maximum atomic E-state index is 3.54. The van der Waals surface area contributed by atoms with Crippen molar-refractivity contribution < 1.29 is 0 Å². The Labute approximate surface area is 124 Å². The minimum Gasteiger partial charge on any atom is -0.369 e. The summed E-state index contributed by atoms with van der Waals surface area (Å²) < 4.78 is 1.17. The molecule has 0 aliphatic carbocycles. The Morgan fingerprint density at radius 2 is 2.00 bits per heavy atom. The SMILES string of the molecule is Cc1cc(Br)ccc1N1CCN(C2CCNC2)CC1. The number of benzene rings is 1. The van der Waals surface area contributed by atoms with Crippen LogP contribution in [0.2, 0.25) is 0 Å². The summed E-state index contributed by atoms with van der Waals surface area (Å²) in [6, 6.07) is 7.37. The summed E-state index contributed by atoms with van der Waals surface area (Å²) >= 11 is 3.54. The molecule has 0 radical (unpaired) electrons. The molecule has 0 aromatic heterocycles. The van der Waals surface area contributed by atoms with Gasteiger partial charge in [0.2, 0.25) is 0 Å². The predicted octanol–water partition coefficient (Wildman–Crippen LogP) is 2.24. The maximum Gasteiger partial charge on any atom is 0.0397 e. The van der Waals surface area contributed by atoms with Gasteiger partial charge in [-0.15, -0.1) is 0 Å². The van der Waals surface area contributed by atoms with Crippen molar-refractivity contribution in [3.05, 3.63) is 28.2 Å². The lowest BCUT2D eigenvalue weighted by Gasteiger charge is -2.39. The van der Waals surface area contributed by atoms with Crippen LogP contribution >= 0.6 is 15.9 Å². The molecular weight excluding hydrogens is 302 g/mol. The average molecular weight is 324 g/mol. The molecule has 3 nitrogen and oxygen atoms in total. The van der Waals surface area contributed by atoms with Crippen molar-refractivity contribution in [2.75, 3.05) is 44.2 Å². The number of nitrogens with zero attached hydrogens (tertiary/aromatic N) is 2. The van der Waals surface area contributed by atoms with E-state index >= 15 is 0 Å². The summed E-state index contributed by atoms with van der Waals surface area (Å²) in [5.41, 5.74) is 2.76. The molecule has 1 aromatic rings. The Balaban J connectivity index is 1.63. The average Bonchev–Trinajstić information content (AvgIpc) is 2.93. The first-order chi connectivity index (χ1) is 9.24. The van der Waals surface area contributed by atoms with Gasteiger partial charge in [0.15, 0.2) is 0 Å². The van der Waals surface area contributed by atoms with Crippen LogP contribution in [0.3, 0.4) is 0 Å². The fraction of sp³-hybridized carbons (Fsp3) is 0.600. The van der Waals surface area contributed by atoms with Gasteiger partial charge in [-0.1, -0.05) is 15.9 Å². The van der Waals surface area contributed by atoms with Crippen LogP contribution in [0.25, 0.3) is 0 Å². The number of halogens is 1. The zero-order valence-corrected chi connectivity index (χ0v) is 13.1. The molecular formula is C15H22BrN3. The fourth-order valence-corrected chi connectivity index (χ4v) is 3.73. The topological polar surface area (TPSA) is 18.5 Å². The second-order valence-corrected chi connectivity index (χ2v) is 6.52. The van der Waals surface area contributed by atoms with E-state index in [4.69, 9.17) is 0 Å². The Morgan fingerprint density at radius 3 is 2.63 bits per heavy atom. The molecule has 1 atom stereocenters. The highest BCUT2D eigenvalue weighted by Crippen LogP contribution is 2.25. The van der Waals surface area contributed by atoms with Crippen molar-refractivity contribution in [3.63, 3.8) is 0 Å². The zero-order chi connectivity index (χ0) is 13.2. The van der Waals surface area contributed by atoms with Gasteiger partial charge in [-0.2, -0.15) is 0 Å². The van der Waals surface area contributed by atoms with Crippen molar-refractivity contribution in [2.45, 2.75) is 19.4 Å². The summed E-state index contributed by atoms with van der Waals surface area (Å²) in [5, 5.41) is 3.47. The number of hydrogen-bond acceptors (Lipinski definition) is 3. The summed E-state index contributed by atoms with van der Waals surface area (Å²) in [6.45, 7) is 9.27. The van der Waals surface area contributed by atoms with E-state index in [9.17, 15) is 0 Å². The molecule has 2 fully saturated rings. The Morgan fingerprint density at radius 1 is 1.21 bits per heavy atom. The summed E-state index contributed by atoms with van der Waals surface area (Å²) in [5.74, 6) is 0. The van der Waals surface area contributed by atoms with Gasteiger partial charge in [-0.3, -0.25) is 4.90 Å². The normalized spacial score (nSPS) is 24.9. The van der Waals surface area contributed by atoms with E-state index < -0.39 is 0 Å². The quantitative estimate of drug-likeness (QED) is 0.900. The zero-order valence-electron chi connectivity index (χ0n) is 11.5. The monoisotopic (exact) mass is 323 g/mol. The van der Waals surface area contributed by atoms with Crippen molar-refractivity contribution in [2.24, 2.45) is 0 Å². The van der Waals surface area contributed by atoms with E-state index in [1.807, 2.05) is 0 Å². The molecule has 2 aliphatic heterocycles. The lowest BCUT2D eigenvalue weighted by Crippen LogP contribution is -2.51. The predicted molar refractivity (Wildman–Crippen MR) is 83.9 cm³/mol. The molecule has 1 N–H and O–H groups in total. The highest BCUT2D eigenvalue weighted by molar-refractivity contribution is 9.10. The second kappa shape index (κ2) is 5.81.